The smallest absolute Gasteiger partial charge is 0.269 e. The van der Waals surface area contributed by atoms with Crippen LogP contribution in [-0.4, -0.2) is 17.4 Å². The molecule has 0 aliphatic heterocycles. The van der Waals surface area contributed by atoms with E-state index in [-0.39, 0.29) is 18.2 Å². The fourth-order valence-corrected chi connectivity index (χ4v) is 2.34. The van der Waals surface area contributed by atoms with Crippen LogP contribution in [0.25, 0.3) is 0 Å². The summed E-state index contributed by atoms with van der Waals surface area (Å²) in [5.41, 5.74) is 1.52. The topological polar surface area (TPSA) is 81.5 Å². The fraction of sp³-hybridized carbons (Fsp3) is 0.133. The quantitative estimate of drug-likeness (QED) is 0.647. The van der Waals surface area contributed by atoms with Crippen LogP contribution in [0.1, 0.15) is 5.56 Å². The fourth-order valence-electron chi connectivity index (χ4n) is 1.73. The third-order valence-electron chi connectivity index (χ3n) is 2.81. The highest BCUT2D eigenvalue weighted by molar-refractivity contribution is 9.10. The van der Waals surface area contributed by atoms with E-state index in [4.69, 9.17) is 4.74 Å². The number of aryl methyl sites for hydroxylation is 1. The van der Waals surface area contributed by atoms with E-state index >= 15 is 0 Å². The van der Waals surface area contributed by atoms with E-state index in [0.717, 1.165) is 10.0 Å². The molecule has 2 aromatic carbocycles. The van der Waals surface area contributed by atoms with Gasteiger partial charge in [0.2, 0.25) is 0 Å². The Morgan fingerprint density at radius 3 is 2.55 bits per heavy atom. The average molecular weight is 365 g/mol. The van der Waals surface area contributed by atoms with Gasteiger partial charge in [0.25, 0.3) is 11.6 Å². The molecule has 1 N–H and O–H groups in total. The lowest BCUT2D eigenvalue weighted by Crippen LogP contribution is -2.20. The van der Waals surface area contributed by atoms with Crippen molar-refractivity contribution in [3.63, 3.8) is 0 Å². The second-order valence-corrected chi connectivity index (χ2v) is 5.43. The van der Waals surface area contributed by atoms with E-state index in [2.05, 4.69) is 21.2 Å². The highest BCUT2D eigenvalue weighted by Crippen LogP contribution is 2.25. The van der Waals surface area contributed by atoms with Crippen LogP contribution in [-0.2, 0) is 4.79 Å². The van der Waals surface area contributed by atoms with Gasteiger partial charge in [0.1, 0.15) is 5.75 Å². The minimum absolute atomic E-state index is 0.0298. The molecule has 0 aromatic heterocycles. The number of non-ortho nitro benzene ring substituents is 1. The molecule has 7 heteroatoms. The maximum absolute atomic E-state index is 11.8. The summed E-state index contributed by atoms with van der Waals surface area (Å²) in [7, 11) is 0. The van der Waals surface area contributed by atoms with Crippen molar-refractivity contribution >= 4 is 33.2 Å². The highest BCUT2D eigenvalue weighted by Gasteiger charge is 2.08. The SMILES string of the molecule is Cc1ccc(OCC(=O)Nc2ccc([N+](=O)[O-])cc2)c(Br)c1. The van der Waals surface area contributed by atoms with E-state index < -0.39 is 4.92 Å². The minimum atomic E-state index is -0.496. The van der Waals surface area contributed by atoms with Crippen LogP contribution in [0.3, 0.4) is 0 Å². The van der Waals surface area contributed by atoms with Crippen LogP contribution in [0.4, 0.5) is 11.4 Å². The van der Waals surface area contributed by atoms with Crippen molar-refractivity contribution in [3.05, 3.63) is 62.6 Å². The van der Waals surface area contributed by atoms with Gasteiger partial charge in [0.15, 0.2) is 6.61 Å². The molecule has 0 radical (unpaired) electrons. The van der Waals surface area contributed by atoms with Gasteiger partial charge in [0.05, 0.1) is 9.40 Å². The van der Waals surface area contributed by atoms with Crippen LogP contribution in [0.5, 0.6) is 5.75 Å². The maximum atomic E-state index is 11.8. The number of nitrogens with zero attached hydrogens (tertiary/aromatic N) is 1. The molecule has 114 valence electrons. The van der Waals surface area contributed by atoms with E-state index in [1.165, 1.54) is 24.3 Å². The molecule has 0 bridgehead atoms. The molecule has 0 saturated heterocycles. The molecule has 2 aromatic rings. The van der Waals surface area contributed by atoms with Crippen LogP contribution in [0.15, 0.2) is 46.9 Å². The zero-order chi connectivity index (χ0) is 16.1. The van der Waals surface area contributed by atoms with Gasteiger partial charge in [0, 0.05) is 17.8 Å². The second-order valence-electron chi connectivity index (χ2n) is 4.57. The molecule has 1 amide bonds. The molecule has 0 atom stereocenters. The molecule has 0 fully saturated rings. The van der Waals surface area contributed by atoms with E-state index in [9.17, 15) is 14.9 Å². The summed E-state index contributed by atoms with van der Waals surface area (Å²) < 4.78 is 6.19. The van der Waals surface area contributed by atoms with Crippen molar-refractivity contribution in [2.45, 2.75) is 6.92 Å². The Balaban J connectivity index is 1.91. The first kappa shape index (κ1) is 16.0. The Morgan fingerprint density at radius 1 is 1.27 bits per heavy atom. The van der Waals surface area contributed by atoms with Gasteiger partial charge in [-0.2, -0.15) is 0 Å². The van der Waals surface area contributed by atoms with Gasteiger partial charge in [-0.05, 0) is 52.7 Å². The predicted octanol–water partition coefficient (Wildman–Crippen LogP) is 3.68. The van der Waals surface area contributed by atoms with Crippen LogP contribution in [0.2, 0.25) is 0 Å². The molecular weight excluding hydrogens is 352 g/mol. The van der Waals surface area contributed by atoms with Crippen molar-refractivity contribution < 1.29 is 14.5 Å². The van der Waals surface area contributed by atoms with Gasteiger partial charge in [-0.25, -0.2) is 0 Å². The number of nitrogens with one attached hydrogen (secondary N) is 1. The van der Waals surface area contributed by atoms with Gasteiger partial charge < -0.3 is 10.1 Å². The lowest BCUT2D eigenvalue weighted by Gasteiger charge is -2.09. The van der Waals surface area contributed by atoms with Crippen LogP contribution < -0.4 is 10.1 Å². The molecule has 6 nitrogen and oxygen atoms in total. The standard InChI is InChI=1S/C15H13BrN2O4/c1-10-2-7-14(13(16)8-10)22-9-15(19)17-11-3-5-12(6-4-11)18(20)21/h2-8H,9H2,1H3,(H,17,19). The van der Waals surface area contributed by atoms with E-state index in [1.54, 1.807) is 6.07 Å². The number of ether oxygens (including phenoxy) is 1. The first-order chi connectivity index (χ1) is 10.5. The van der Waals surface area contributed by atoms with Gasteiger partial charge in [-0.3, -0.25) is 14.9 Å². The Bertz CT molecular complexity index is 701. The summed E-state index contributed by atoms with van der Waals surface area (Å²) in [4.78, 5) is 21.8. The number of hydrogen-bond donors (Lipinski definition) is 1. The first-order valence-corrected chi connectivity index (χ1v) is 7.18. The summed E-state index contributed by atoms with van der Waals surface area (Å²) in [6, 6.07) is 11.1. The van der Waals surface area contributed by atoms with Crippen molar-refractivity contribution in [1.82, 2.24) is 0 Å². The number of hydrogen-bond acceptors (Lipinski definition) is 4. The van der Waals surface area contributed by atoms with Crippen LogP contribution in [0, 0.1) is 17.0 Å². The lowest BCUT2D eigenvalue weighted by molar-refractivity contribution is -0.384. The first-order valence-electron chi connectivity index (χ1n) is 6.39. The number of nitro groups is 1. The van der Waals surface area contributed by atoms with Crippen molar-refractivity contribution in [3.8, 4) is 5.75 Å². The number of rotatable bonds is 5. The Hall–Kier alpha value is -2.41. The molecule has 0 aliphatic rings. The number of anilines is 1. The number of carbonyl (C=O) groups is 1. The van der Waals surface area contributed by atoms with E-state index in [0.29, 0.717) is 11.4 Å². The Labute approximate surface area is 135 Å². The molecule has 0 heterocycles. The zero-order valence-electron chi connectivity index (χ0n) is 11.7. The largest absolute Gasteiger partial charge is 0.483 e. The summed E-state index contributed by atoms with van der Waals surface area (Å²) in [6.07, 6.45) is 0. The van der Waals surface area contributed by atoms with Crippen LogP contribution >= 0.6 is 15.9 Å². The average Bonchev–Trinajstić information content (AvgIpc) is 2.47. The van der Waals surface area contributed by atoms with Crippen molar-refractivity contribution in [2.75, 3.05) is 11.9 Å². The Kier molecular flexibility index (Phi) is 5.11. The molecule has 2 rings (SSSR count). The van der Waals surface area contributed by atoms with Crippen molar-refractivity contribution in [2.24, 2.45) is 0 Å². The number of carbonyl (C=O) groups excluding carboxylic acids is 1. The lowest BCUT2D eigenvalue weighted by atomic mass is 10.2. The predicted molar refractivity (Wildman–Crippen MR) is 86.1 cm³/mol. The van der Waals surface area contributed by atoms with Gasteiger partial charge in [-0.1, -0.05) is 6.07 Å². The third kappa shape index (κ3) is 4.29. The number of amides is 1. The Morgan fingerprint density at radius 2 is 1.95 bits per heavy atom. The highest BCUT2D eigenvalue weighted by atomic mass is 79.9. The summed E-state index contributed by atoms with van der Waals surface area (Å²) in [5.74, 6) is 0.228. The number of halogens is 1. The molecule has 0 saturated carbocycles. The molecule has 0 aliphatic carbocycles. The second kappa shape index (κ2) is 7.04. The zero-order valence-corrected chi connectivity index (χ0v) is 13.3. The normalized spacial score (nSPS) is 10.1. The summed E-state index contributed by atoms with van der Waals surface area (Å²) in [5, 5.41) is 13.2. The van der Waals surface area contributed by atoms with Gasteiger partial charge >= 0.3 is 0 Å². The van der Waals surface area contributed by atoms with Crippen molar-refractivity contribution in [1.29, 1.82) is 0 Å². The minimum Gasteiger partial charge on any atom is -0.483 e. The molecule has 0 unspecified atom stereocenters. The third-order valence-corrected chi connectivity index (χ3v) is 3.43. The molecule has 22 heavy (non-hydrogen) atoms. The summed E-state index contributed by atoms with van der Waals surface area (Å²) in [6.45, 7) is 1.80. The molecule has 0 spiro atoms. The monoisotopic (exact) mass is 364 g/mol. The molecular formula is C15H13BrN2O4. The number of nitro benzene ring substituents is 1. The number of benzene rings is 2. The maximum Gasteiger partial charge on any atom is 0.269 e. The van der Waals surface area contributed by atoms with E-state index in [1.807, 2.05) is 19.1 Å². The summed E-state index contributed by atoms with van der Waals surface area (Å²) >= 11 is 3.37. The van der Waals surface area contributed by atoms with Gasteiger partial charge in [-0.15, -0.1) is 0 Å².